The summed E-state index contributed by atoms with van der Waals surface area (Å²) in [6, 6.07) is 6.35. The molecule has 0 fully saturated rings. The molecule has 1 aliphatic heterocycles. The van der Waals surface area contributed by atoms with E-state index in [2.05, 4.69) is 32.0 Å². The van der Waals surface area contributed by atoms with Crippen LogP contribution in [0.5, 0.6) is 5.75 Å². The Morgan fingerprint density at radius 1 is 1.47 bits per heavy atom. The quantitative estimate of drug-likeness (QED) is 0.805. The Balaban J connectivity index is 2.45. The Hall–Kier alpha value is -1.02. The van der Waals surface area contributed by atoms with Gasteiger partial charge in [-0.2, -0.15) is 0 Å². The highest BCUT2D eigenvalue weighted by Gasteiger charge is 2.30. The molecule has 1 aromatic rings. The summed E-state index contributed by atoms with van der Waals surface area (Å²) in [5.74, 6) is 1.57. The Morgan fingerprint density at radius 3 is 2.87 bits per heavy atom. The highest BCUT2D eigenvalue weighted by molar-refractivity contribution is 5.48. The van der Waals surface area contributed by atoms with Crippen molar-refractivity contribution in [1.82, 2.24) is 0 Å². The maximum absolute atomic E-state index is 6.08. The molecule has 3 unspecified atom stereocenters. The lowest BCUT2D eigenvalue weighted by molar-refractivity contribution is 0.226. The zero-order valence-electron chi connectivity index (χ0n) is 9.66. The van der Waals surface area contributed by atoms with Gasteiger partial charge in [0.2, 0.25) is 0 Å². The number of nitrogens with two attached hydrogens (primary N) is 1. The van der Waals surface area contributed by atoms with Crippen LogP contribution in [0.1, 0.15) is 50.3 Å². The van der Waals surface area contributed by atoms with Crippen molar-refractivity contribution >= 4 is 0 Å². The average Bonchev–Trinajstić information content (AvgIpc) is 2.54. The number of benzene rings is 1. The van der Waals surface area contributed by atoms with Crippen molar-refractivity contribution in [3.8, 4) is 5.75 Å². The maximum atomic E-state index is 6.08. The minimum atomic E-state index is 0.0315. The van der Waals surface area contributed by atoms with Gasteiger partial charge in [-0.1, -0.05) is 32.0 Å². The monoisotopic (exact) mass is 205 g/mol. The van der Waals surface area contributed by atoms with Gasteiger partial charge in [0.15, 0.2) is 0 Å². The van der Waals surface area contributed by atoms with Crippen molar-refractivity contribution in [2.24, 2.45) is 5.73 Å². The number of para-hydroxylation sites is 1. The minimum Gasteiger partial charge on any atom is -0.488 e. The Kier molecular flexibility index (Phi) is 2.70. The van der Waals surface area contributed by atoms with Gasteiger partial charge >= 0.3 is 0 Å². The van der Waals surface area contributed by atoms with Gasteiger partial charge in [0.1, 0.15) is 11.9 Å². The van der Waals surface area contributed by atoms with Gasteiger partial charge in [0.05, 0.1) is 6.04 Å². The lowest BCUT2D eigenvalue weighted by Gasteiger charge is -2.13. The predicted molar refractivity (Wildman–Crippen MR) is 62.2 cm³/mol. The molecule has 82 valence electrons. The van der Waals surface area contributed by atoms with E-state index in [9.17, 15) is 0 Å². The van der Waals surface area contributed by atoms with E-state index in [-0.39, 0.29) is 12.1 Å². The summed E-state index contributed by atoms with van der Waals surface area (Å²) in [6.07, 6.45) is 1.23. The van der Waals surface area contributed by atoms with E-state index in [1.54, 1.807) is 0 Å². The largest absolute Gasteiger partial charge is 0.488 e. The molecule has 2 rings (SSSR count). The molecule has 0 aliphatic carbocycles. The Morgan fingerprint density at radius 2 is 2.20 bits per heavy atom. The standard InChI is InChI=1S/C13H19NO/c1-4-8(2)10-6-5-7-11-12(14)9(3)15-13(10)11/h5-9,12H,4,14H2,1-3H3. The van der Waals surface area contributed by atoms with E-state index in [0.29, 0.717) is 5.92 Å². The molecule has 3 atom stereocenters. The molecule has 0 saturated heterocycles. The molecular weight excluding hydrogens is 186 g/mol. The van der Waals surface area contributed by atoms with Crippen molar-refractivity contribution < 1.29 is 4.74 Å². The van der Waals surface area contributed by atoms with Gasteiger partial charge in [0.25, 0.3) is 0 Å². The molecule has 2 heteroatoms. The van der Waals surface area contributed by atoms with Gasteiger partial charge in [-0.3, -0.25) is 0 Å². The van der Waals surface area contributed by atoms with Crippen LogP contribution in [-0.2, 0) is 0 Å². The molecule has 1 heterocycles. The first-order chi connectivity index (χ1) is 7.15. The van der Waals surface area contributed by atoms with Gasteiger partial charge in [-0.05, 0) is 24.8 Å². The van der Waals surface area contributed by atoms with Crippen LogP contribution in [0.15, 0.2) is 18.2 Å². The smallest absolute Gasteiger partial charge is 0.128 e. The number of hydrogen-bond acceptors (Lipinski definition) is 2. The third kappa shape index (κ3) is 1.63. The fourth-order valence-electron chi connectivity index (χ4n) is 2.09. The molecule has 0 radical (unpaired) electrons. The third-order valence-electron chi connectivity index (χ3n) is 3.39. The van der Waals surface area contributed by atoms with Crippen LogP contribution >= 0.6 is 0 Å². The molecule has 1 aromatic carbocycles. The number of rotatable bonds is 2. The van der Waals surface area contributed by atoms with Gasteiger partial charge < -0.3 is 10.5 Å². The number of ether oxygens (including phenoxy) is 1. The van der Waals surface area contributed by atoms with E-state index in [1.165, 1.54) is 11.1 Å². The zero-order valence-corrected chi connectivity index (χ0v) is 9.66. The summed E-state index contributed by atoms with van der Waals surface area (Å²) in [4.78, 5) is 0. The van der Waals surface area contributed by atoms with Gasteiger partial charge in [-0.15, -0.1) is 0 Å². The van der Waals surface area contributed by atoms with Crippen molar-refractivity contribution in [3.63, 3.8) is 0 Å². The topological polar surface area (TPSA) is 35.2 Å². The molecule has 15 heavy (non-hydrogen) atoms. The van der Waals surface area contributed by atoms with Crippen molar-refractivity contribution in [3.05, 3.63) is 29.3 Å². The summed E-state index contributed by atoms with van der Waals surface area (Å²) in [6.45, 7) is 6.46. The molecule has 2 nitrogen and oxygen atoms in total. The summed E-state index contributed by atoms with van der Waals surface area (Å²) in [5, 5.41) is 0. The minimum absolute atomic E-state index is 0.0315. The second kappa shape index (κ2) is 3.86. The first kappa shape index (κ1) is 10.5. The maximum Gasteiger partial charge on any atom is 0.128 e. The van der Waals surface area contributed by atoms with Crippen molar-refractivity contribution in [2.45, 2.75) is 45.3 Å². The van der Waals surface area contributed by atoms with Crippen molar-refractivity contribution in [1.29, 1.82) is 0 Å². The van der Waals surface area contributed by atoms with Crippen molar-refractivity contribution in [2.75, 3.05) is 0 Å². The molecule has 0 bridgehead atoms. The van der Waals surface area contributed by atoms with Crippen LogP contribution in [0.4, 0.5) is 0 Å². The zero-order chi connectivity index (χ0) is 11.0. The molecule has 0 saturated carbocycles. The molecular formula is C13H19NO. The summed E-state index contributed by atoms with van der Waals surface area (Å²) >= 11 is 0. The second-order valence-corrected chi connectivity index (χ2v) is 4.42. The van der Waals surface area contributed by atoms with E-state index in [1.807, 2.05) is 6.92 Å². The first-order valence-electron chi connectivity index (χ1n) is 5.70. The molecule has 1 aliphatic rings. The number of fused-ring (bicyclic) bond motifs is 1. The first-order valence-corrected chi connectivity index (χ1v) is 5.70. The second-order valence-electron chi connectivity index (χ2n) is 4.42. The molecule has 0 aromatic heterocycles. The number of hydrogen-bond donors (Lipinski definition) is 1. The Labute approximate surface area is 91.4 Å². The van der Waals surface area contributed by atoms with E-state index >= 15 is 0 Å². The molecule has 2 N–H and O–H groups in total. The van der Waals surface area contributed by atoms with Crippen LogP contribution in [0.2, 0.25) is 0 Å². The SMILES string of the molecule is CCC(C)c1cccc2c1OC(C)C2N. The van der Waals surface area contributed by atoms with Crippen LogP contribution in [0.25, 0.3) is 0 Å². The van der Waals surface area contributed by atoms with Crippen LogP contribution < -0.4 is 10.5 Å². The fourth-order valence-corrected chi connectivity index (χ4v) is 2.09. The summed E-state index contributed by atoms with van der Waals surface area (Å²) < 4.78 is 5.85. The lowest BCUT2D eigenvalue weighted by Crippen LogP contribution is -2.21. The normalized spacial score (nSPS) is 25.9. The molecule has 0 spiro atoms. The van der Waals surface area contributed by atoms with E-state index < -0.39 is 0 Å². The van der Waals surface area contributed by atoms with Crippen LogP contribution in [0, 0.1) is 0 Å². The predicted octanol–water partition coefficient (Wildman–Crippen LogP) is 2.98. The van der Waals surface area contributed by atoms with Crippen LogP contribution in [0.3, 0.4) is 0 Å². The summed E-state index contributed by atoms with van der Waals surface area (Å²) in [5.41, 5.74) is 8.54. The fraction of sp³-hybridized carbons (Fsp3) is 0.538. The van der Waals surface area contributed by atoms with E-state index in [0.717, 1.165) is 12.2 Å². The average molecular weight is 205 g/mol. The van der Waals surface area contributed by atoms with E-state index in [4.69, 9.17) is 10.5 Å². The van der Waals surface area contributed by atoms with Gasteiger partial charge in [0, 0.05) is 5.56 Å². The Bertz CT molecular complexity index is 362. The summed E-state index contributed by atoms with van der Waals surface area (Å²) in [7, 11) is 0. The highest BCUT2D eigenvalue weighted by atomic mass is 16.5. The van der Waals surface area contributed by atoms with Gasteiger partial charge in [-0.25, -0.2) is 0 Å². The third-order valence-corrected chi connectivity index (χ3v) is 3.39. The highest BCUT2D eigenvalue weighted by Crippen LogP contribution is 2.41. The van der Waals surface area contributed by atoms with Crippen LogP contribution in [-0.4, -0.2) is 6.10 Å². The lowest BCUT2D eigenvalue weighted by atomic mass is 9.94. The molecule has 0 amide bonds.